The number of amides is 1. The van der Waals surface area contributed by atoms with Crippen LogP contribution in [-0.2, 0) is 24.1 Å². The predicted molar refractivity (Wildman–Crippen MR) is 97.3 cm³/mol. The first-order chi connectivity index (χ1) is 9.67. The van der Waals surface area contributed by atoms with Crippen molar-refractivity contribution in [2.24, 2.45) is 0 Å². The first-order valence-electron chi connectivity index (χ1n) is 6.71. The highest BCUT2D eigenvalue weighted by atomic mass is 35.5. The van der Waals surface area contributed by atoms with Gasteiger partial charge in [-0.15, -0.1) is 36.2 Å². The molecule has 0 saturated heterocycles. The Hall–Kier alpha value is -1.30. The van der Waals surface area contributed by atoms with E-state index in [2.05, 4.69) is 22.6 Å². The highest BCUT2D eigenvalue weighted by Gasteiger charge is 2.04. The molecule has 0 saturated carbocycles. The van der Waals surface area contributed by atoms with Crippen molar-refractivity contribution in [1.82, 2.24) is 10.3 Å². The molecule has 1 aromatic carbocycles. The maximum atomic E-state index is 11.8. The number of nitrogens with one attached hydrogen (secondary N) is 1. The molecule has 1 aromatic heterocycles. The molecule has 4 nitrogen and oxygen atoms in total. The fourth-order valence-corrected chi connectivity index (χ4v) is 2.62. The molecule has 22 heavy (non-hydrogen) atoms. The number of carbonyl (C=O) groups excluding carboxylic acids is 1. The van der Waals surface area contributed by atoms with E-state index in [0.29, 0.717) is 18.7 Å². The summed E-state index contributed by atoms with van der Waals surface area (Å²) < 4.78 is 0. The minimum atomic E-state index is 0. The molecular formula is C15H21Cl2N3OS. The molecule has 3 N–H and O–H groups in total. The number of nitrogens with zero attached hydrogens (tertiary/aromatic N) is 1. The number of hydrogen-bond donors (Lipinski definition) is 2. The van der Waals surface area contributed by atoms with Crippen LogP contribution in [0.15, 0.2) is 29.6 Å². The van der Waals surface area contributed by atoms with Crippen LogP contribution in [0.1, 0.15) is 23.2 Å². The Labute approximate surface area is 147 Å². The number of aryl methyl sites for hydroxylation is 1. The molecule has 0 aliphatic heterocycles. The molecule has 0 atom stereocenters. The predicted octanol–water partition coefficient (Wildman–Crippen LogP) is 3.03. The molecule has 7 heteroatoms. The van der Waals surface area contributed by atoms with E-state index in [1.54, 1.807) is 11.3 Å². The van der Waals surface area contributed by atoms with Gasteiger partial charge in [0.25, 0.3) is 0 Å². The number of nitrogens with two attached hydrogens (primary N) is 1. The lowest BCUT2D eigenvalue weighted by Crippen LogP contribution is -2.27. The Morgan fingerprint density at radius 2 is 1.95 bits per heavy atom. The Balaban J connectivity index is 0.00000220. The molecule has 1 heterocycles. The van der Waals surface area contributed by atoms with Crippen LogP contribution in [0.25, 0.3) is 0 Å². The van der Waals surface area contributed by atoms with Gasteiger partial charge in [0.1, 0.15) is 0 Å². The normalized spacial score (nSPS) is 9.50. The minimum Gasteiger partial charge on any atom is -0.399 e. The summed E-state index contributed by atoms with van der Waals surface area (Å²) in [6.45, 7) is 2.72. The second-order valence-electron chi connectivity index (χ2n) is 4.60. The van der Waals surface area contributed by atoms with Gasteiger partial charge in [-0.1, -0.05) is 19.1 Å². The summed E-state index contributed by atoms with van der Waals surface area (Å²) in [4.78, 5) is 16.3. The van der Waals surface area contributed by atoms with E-state index in [-0.39, 0.29) is 30.7 Å². The molecule has 1 amide bonds. The van der Waals surface area contributed by atoms with Crippen molar-refractivity contribution in [1.29, 1.82) is 0 Å². The van der Waals surface area contributed by atoms with Crippen LogP contribution in [0, 0.1) is 0 Å². The van der Waals surface area contributed by atoms with Crippen LogP contribution in [0.2, 0.25) is 0 Å². The average Bonchev–Trinajstić information content (AvgIpc) is 2.89. The van der Waals surface area contributed by atoms with Crippen molar-refractivity contribution in [3.05, 3.63) is 45.9 Å². The molecule has 122 valence electrons. The molecule has 0 fully saturated rings. The monoisotopic (exact) mass is 361 g/mol. The minimum absolute atomic E-state index is 0. The second-order valence-corrected chi connectivity index (χ2v) is 5.55. The zero-order valence-electron chi connectivity index (χ0n) is 12.4. The Kier molecular flexibility index (Phi) is 9.81. The maximum Gasteiger partial charge on any atom is 0.224 e. The zero-order valence-corrected chi connectivity index (χ0v) is 14.8. The van der Waals surface area contributed by atoms with E-state index in [9.17, 15) is 4.79 Å². The summed E-state index contributed by atoms with van der Waals surface area (Å²) >= 11 is 1.68. The van der Waals surface area contributed by atoms with E-state index in [4.69, 9.17) is 5.73 Å². The topological polar surface area (TPSA) is 68.0 Å². The van der Waals surface area contributed by atoms with E-state index in [1.807, 2.05) is 24.3 Å². The van der Waals surface area contributed by atoms with Crippen molar-refractivity contribution in [3.8, 4) is 0 Å². The summed E-state index contributed by atoms with van der Waals surface area (Å²) in [5.74, 6) is 0.0284. The van der Waals surface area contributed by atoms with Crippen LogP contribution < -0.4 is 11.1 Å². The largest absolute Gasteiger partial charge is 0.399 e. The number of benzene rings is 1. The van der Waals surface area contributed by atoms with Crippen LogP contribution in [0.5, 0.6) is 0 Å². The van der Waals surface area contributed by atoms with Crippen molar-refractivity contribution in [2.45, 2.75) is 26.2 Å². The SMILES string of the molecule is CCc1nc(CCNC(=O)Cc2ccc(N)cc2)cs1.Cl.Cl. The van der Waals surface area contributed by atoms with Crippen molar-refractivity contribution in [2.75, 3.05) is 12.3 Å². The Morgan fingerprint density at radius 3 is 2.55 bits per heavy atom. The fraction of sp³-hybridized carbons (Fsp3) is 0.333. The number of halogens is 2. The summed E-state index contributed by atoms with van der Waals surface area (Å²) in [6, 6.07) is 7.38. The third kappa shape index (κ3) is 6.64. The number of aromatic nitrogens is 1. The van der Waals surface area contributed by atoms with Gasteiger partial charge in [-0.2, -0.15) is 0 Å². The summed E-state index contributed by atoms with van der Waals surface area (Å²) in [5, 5.41) is 6.12. The standard InChI is InChI=1S/C15H19N3OS.2ClH/c1-2-15-18-13(10-20-15)7-8-17-14(19)9-11-3-5-12(16)6-4-11;;/h3-6,10H,2,7-9,16H2,1H3,(H,17,19);2*1H. The van der Waals surface area contributed by atoms with Crippen LogP contribution >= 0.6 is 36.2 Å². The van der Waals surface area contributed by atoms with Crippen LogP contribution in [-0.4, -0.2) is 17.4 Å². The Morgan fingerprint density at radius 1 is 1.27 bits per heavy atom. The van der Waals surface area contributed by atoms with Gasteiger partial charge in [0, 0.05) is 24.0 Å². The highest BCUT2D eigenvalue weighted by molar-refractivity contribution is 7.09. The summed E-state index contributed by atoms with van der Waals surface area (Å²) in [5.41, 5.74) is 8.35. The molecule has 0 aliphatic carbocycles. The molecule has 0 bridgehead atoms. The molecule has 0 spiro atoms. The molecule has 0 unspecified atom stereocenters. The van der Waals surface area contributed by atoms with Gasteiger partial charge in [-0.3, -0.25) is 4.79 Å². The van der Waals surface area contributed by atoms with Crippen molar-refractivity contribution in [3.63, 3.8) is 0 Å². The molecule has 2 aromatic rings. The first-order valence-corrected chi connectivity index (χ1v) is 7.59. The van der Waals surface area contributed by atoms with Gasteiger partial charge in [0.2, 0.25) is 5.91 Å². The molecule has 0 radical (unpaired) electrons. The number of rotatable bonds is 6. The number of carbonyl (C=O) groups is 1. The zero-order chi connectivity index (χ0) is 14.4. The van der Waals surface area contributed by atoms with Gasteiger partial charge in [0.15, 0.2) is 0 Å². The van der Waals surface area contributed by atoms with Crippen molar-refractivity contribution >= 4 is 47.7 Å². The summed E-state index contributed by atoms with van der Waals surface area (Å²) in [7, 11) is 0. The number of thiazole rings is 1. The fourth-order valence-electron chi connectivity index (χ4n) is 1.84. The summed E-state index contributed by atoms with van der Waals surface area (Å²) in [6.07, 6.45) is 2.13. The lowest BCUT2D eigenvalue weighted by Gasteiger charge is -2.04. The molecule has 0 aliphatic rings. The van der Waals surface area contributed by atoms with E-state index in [1.165, 1.54) is 0 Å². The number of nitrogen functional groups attached to an aromatic ring is 1. The van der Waals surface area contributed by atoms with Crippen LogP contribution in [0.4, 0.5) is 5.69 Å². The quantitative estimate of drug-likeness (QED) is 0.776. The smallest absolute Gasteiger partial charge is 0.224 e. The van der Waals surface area contributed by atoms with Gasteiger partial charge >= 0.3 is 0 Å². The maximum absolute atomic E-state index is 11.8. The average molecular weight is 362 g/mol. The Bertz CT molecular complexity index is 572. The molecular weight excluding hydrogens is 341 g/mol. The third-order valence-electron chi connectivity index (χ3n) is 2.95. The van der Waals surface area contributed by atoms with E-state index in [0.717, 1.165) is 29.1 Å². The second kappa shape index (κ2) is 10.4. The van der Waals surface area contributed by atoms with Crippen molar-refractivity contribution < 1.29 is 4.79 Å². The van der Waals surface area contributed by atoms with Gasteiger partial charge in [-0.25, -0.2) is 4.98 Å². The molecule has 2 rings (SSSR count). The van der Waals surface area contributed by atoms with Crippen LogP contribution in [0.3, 0.4) is 0 Å². The van der Waals surface area contributed by atoms with Gasteiger partial charge in [-0.05, 0) is 24.1 Å². The van der Waals surface area contributed by atoms with E-state index >= 15 is 0 Å². The van der Waals surface area contributed by atoms with E-state index < -0.39 is 0 Å². The highest BCUT2D eigenvalue weighted by Crippen LogP contribution is 2.10. The lowest BCUT2D eigenvalue weighted by atomic mass is 10.1. The van der Waals surface area contributed by atoms with Gasteiger partial charge in [0.05, 0.1) is 17.1 Å². The third-order valence-corrected chi connectivity index (χ3v) is 3.99. The number of hydrogen-bond acceptors (Lipinski definition) is 4. The van der Waals surface area contributed by atoms with Gasteiger partial charge < -0.3 is 11.1 Å². The first kappa shape index (κ1) is 20.7. The number of anilines is 1. The lowest BCUT2D eigenvalue weighted by molar-refractivity contribution is -0.120.